The Morgan fingerprint density at radius 3 is 2.71 bits per heavy atom. The van der Waals surface area contributed by atoms with Gasteiger partial charge in [0, 0.05) is 48.8 Å². The van der Waals surface area contributed by atoms with Gasteiger partial charge in [-0.25, -0.2) is 4.98 Å². The molecule has 4 nitrogen and oxygen atoms in total. The Kier molecular flexibility index (Phi) is 2.42. The quantitative estimate of drug-likeness (QED) is 0.577. The van der Waals surface area contributed by atoms with Crippen LogP contribution in [0.25, 0.3) is 32.6 Å². The van der Waals surface area contributed by atoms with Crippen LogP contribution in [-0.2, 0) is 7.05 Å². The Hall–Kier alpha value is -2.62. The van der Waals surface area contributed by atoms with E-state index in [0.29, 0.717) is 0 Å². The number of fused-ring (bicyclic) bond motifs is 4. The SMILES string of the molecule is CNc1nccc2c(C)c3c(cc12)c1cnccc1n3C. The zero-order chi connectivity index (χ0) is 14.6. The fraction of sp³-hybridized carbons (Fsp3) is 0.176. The van der Waals surface area contributed by atoms with E-state index in [2.05, 4.69) is 52.0 Å². The van der Waals surface area contributed by atoms with Crippen LogP contribution in [0.1, 0.15) is 5.56 Å². The number of pyridine rings is 2. The van der Waals surface area contributed by atoms with Crippen molar-refractivity contribution >= 4 is 38.4 Å². The van der Waals surface area contributed by atoms with Crippen molar-refractivity contribution in [1.29, 1.82) is 0 Å². The number of nitrogens with one attached hydrogen (secondary N) is 1. The lowest BCUT2D eigenvalue weighted by atomic mass is 10.0. The summed E-state index contributed by atoms with van der Waals surface area (Å²) in [5, 5.41) is 7.99. The molecule has 0 unspecified atom stereocenters. The molecule has 3 heterocycles. The topological polar surface area (TPSA) is 42.7 Å². The van der Waals surface area contributed by atoms with E-state index in [1.54, 1.807) is 0 Å². The molecular formula is C17H16N4. The molecule has 0 spiro atoms. The van der Waals surface area contributed by atoms with E-state index in [9.17, 15) is 0 Å². The summed E-state index contributed by atoms with van der Waals surface area (Å²) in [6.07, 6.45) is 5.65. The highest BCUT2D eigenvalue weighted by molar-refractivity contribution is 6.15. The maximum Gasteiger partial charge on any atom is 0.133 e. The largest absolute Gasteiger partial charge is 0.373 e. The number of aryl methyl sites for hydroxylation is 2. The minimum absolute atomic E-state index is 0.915. The third kappa shape index (κ3) is 1.50. The number of nitrogens with zero attached hydrogens (tertiary/aromatic N) is 3. The molecule has 1 N–H and O–H groups in total. The second-order valence-electron chi connectivity index (χ2n) is 5.35. The van der Waals surface area contributed by atoms with E-state index in [1.807, 2.05) is 25.6 Å². The van der Waals surface area contributed by atoms with Crippen LogP contribution in [0.15, 0.2) is 36.8 Å². The van der Waals surface area contributed by atoms with Crippen LogP contribution in [0.3, 0.4) is 0 Å². The lowest BCUT2D eigenvalue weighted by molar-refractivity contribution is 1.01. The Balaban J connectivity index is 2.33. The number of benzene rings is 1. The van der Waals surface area contributed by atoms with E-state index < -0.39 is 0 Å². The van der Waals surface area contributed by atoms with Crippen LogP contribution in [0.5, 0.6) is 0 Å². The van der Waals surface area contributed by atoms with E-state index in [1.165, 1.54) is 32.8 Å². The molecule has 4 rings (SSSR count). The van der Waals surface area contributed by atoms with Crippen LogP contribution in [0, 0.1) is 6.92 Å². The molecule has 3 aromatic heterocycles. The van der Waals surface area contributed by atoms with Crippen molar-refractivity contribution in [3.63, 3.8) is 0 Å². The fourth-order valence-electron chi connectivity index (χ4n) is 3.33. The van der Waals surface area contributed by atoms with E-state index in [4.69, 9.17) is 0 Å². The first-order valence-corrected chi connectivity index (χ1v) is 7.00. The Labute approximate surface area is 122 Å². The molecule has 0 saturated carbocycles. The van der Waals surface area contributed by atoms with Crippen LogP contribution >= 0.6 is 0 Å². The van der Waals surface area contributed by atoms with Gasteiger partial charge in [-0.05, 0) is 36.1 Å². The van der Waals surface area contributed by atoms with Crippen LogP contribution in [-0.4, -0.2) is 21.6 Å². The maximum absolute atomic E-state index is 4.43. The van der Waals surface area contributed by atoms with Crippen molar-refractivity contribution in [2.24, 2.45) is 7.05 Å². The number of hydrogen-bond acceptors (Lipinski definition) is 3. The van der Waals surface area contributed by atoms with E-state index in [0.717, 1.165) is 11.2 Å². The first-order valence-electron chi connectivity index (χ1n) is 7.00. The molecule has 0 aliphatic carbocycles. The summed E-state index contributed by atoms with van der Waals surface area (Å²) in [5.74, 6) is 0.915. The van der Waals surface area contributed by atoms with Crippen LogP contribution in [0.2, 0.25) is 0 Å². The highest BCUT2D eigenvalue weighted by Crippen LogP contribution is 2.36. The molecular weight excluding hydrogens is 260 g/mol. The molecule has 0 saturated heterocycles. The van der Waals surface area contributed by atoms with Gasteiger partial charge in [-0.1, -0.05) is 0 Å². The molecule has 0 aliphatic rings. The van der Waals surface area contributed by atoms with Gasteiger partial charge in [0.15, 0.2) is 0 Å². The average Bonchev–Trinajstić information content (AvgIpc) is 2.81. The highest BCUT2D eigenvalue weighted by Gasteiger charge is 2.14. The van der Waals surface area contributed by atoms with Crippen molar-refractivity contribution < 1.29 is 0 Å². The lowest BCUT2D eigenvalue weighted by Gasteiger charge is -2.09. The van der Waals surface area contributed by atoms with Crippen molar-refractivity contribution in [2.75, 3.05) is 12.4 Å². The van der Waals surface area contributed by atoms with Crippen molar-refractivity contribution in [1.82, 2.24) is 14.5 Å². The van der Waals surface area contributed by atoms with Gasteiger partial charge in [-0.15, -0.1) is 0 Å². The second-order valence-corrected chi connectivity index (χ2v) is 5.35. The molecule has 0 amide bonds. The van der Waals surface area contributed by atoms with Crippen molar-refractivity contribution in [2.45, 2.75) is 6.92 Å². The zero-order valence-corrected chi connectivity index (χ0v) is 12.3. The molecule has 1 aromatic carbocycles. The summed E-state index contributed by atoms with van der Waals surface area (Å²) in [7, 11) is 4.02. The first-order chi connectivity index (χ1) is 10.2. The molecule has 21 heavy (non-hydrogen) atoms. The molecule has 4 aromatic rings. The molecule has 0 atom stereocenters. The molecule has 0 fully saturated rings. The average molecular weight is 276 g/mol. The van der Waals surface area contributed by atoms with E-state index in [-0.39, 0.29) is 0 Å². The number of aromatic nitrogens is 3. The number of anilines is 1. The smallest absolute Gasteiger partial charge is 0.133 e. The summed E-state index contributed by atoms with van der Waals surface area (Å²) in [4.78, 5) is 8.71. The zero-order valence-electron chi connectivity index (χ0n) is 12.3. The Morgan fingerprint density at radius 2 is 1.90 bits per heavy atom. The summed E-state index contributed by atoms with van der Waals surface area (Å²) in [6, 6.07) is 6.37. The Bertz CT molecular complexity index is 998. The summed E-state index contributed by atoms with van der Waals surface area (Å²) < 4.78 is 2.25. The van der Waals surface area contributed by atoms with Gasteiger partial charge in [-0.3, -0.25) is 4.98 Å². The monoisotopic (exact) mass is 276 g/mol. The Morgan fingerprint density at radius 1 is 1.05 bits per heavy atom. The second kappa shape index (κ2) is 4.19. The third-order valence-electron chi connectivity index (χ3n) is 4.31. The van der Waals surface area contributed by atoms with Gasteiger partial charge >= 0.3 is 0 Å². The van der Waals surface area contributed by atoms with Gasteiger partial charge < -0.3 is 9.88 Å². The third-order valence-corrected chi connectivity index (χ3v) is 4.31. The van der Waals surface area contributed by atoms with Gasteiger partial charge in [0.2, 0.25) is 0 Å². The number of rotatable bonds is 1. The molecule has 0 aliphatic heterocycles. The van der Waals surface area contributed by atoms with E-state index >= 15 is 0 Å². The predicted molar refractivity (Wildman–Crippen MR) is 87.8 cm³/mol. The minimum Gasteiger partial charge on any atom is -0.373 e. The van der Waals surface area contributed by atoms with Gasteiger partial charge in [0.1, 0.15) is 5.82 Å². The van der Waals surface area contributed by atoms with Crippen molar-refractivity contribution in [3.05, 3.63) is 42.4 Å². The molecule has 104 valence electrons. The maximum atomic E-state index is 4.43. The highest BCUT2D eigenvalue weighted by atomic mass is 15.0. The van der Waals surface area contributed by atoms with Crippen LogP contribution in [0.4, 0.5) is 5.82 Å². The standard InChI is InChI=1S/C17H16N4/c1-10-11-4-7-20-17(18-2)13(11)8-12-14-9-19-6-5-15(14)21(3)16(10)12/h4-9H,1-3H3,(H,18,20). The fourth-order valence-corrected chi connectivity index (χ4v) is 3.33. The van der Waals surface area contributed by atoms with Gasteiger partial charge in [-0.2, -0.15) is 0 Å². The molecule has 4 heteroatoms. The summed E-state index contributed by atoms with van der Waals surface area (Å²) in [6.45, 7) is 2.18. The van der Waals surface area contributed by atoms with Gasteiger partial charge in [0.25, 0.3) is 0 Å². The number of hydrogen-bond donors (Lipinski definition) is 1. The minimum atomic E-state index is 0.915. The van der Waals surface area contributed by atoms with Crippen molar-refractivity contribution in [3.8, 4) is 0 Å². The molecule has 0 radical (unpaired) electrons. The first kappa shape index (κ1) is 12.1. The predicted octanol–water partition coefficient (Wildman–Crippen LogP) is 3.62. The molecule has 0 bridgehead atoms. The summed E-state index contributed by atoms with van der Waals surface area (Å²) in [5.41, 5.74) is 3.75. The van der Waals surface area contributed by atoms with Gasteiger partial charge in [0.05, 0.1) is 11.0 Å². The summed E-state index contributed by atoms with van der Waals surface area (Å²) >= 11 is 0. The lowest BCUT2D eigenvalue weighted by Crippen LogP contribution is -1.95. The normalized spacial score (nSPS) is 11.6. The van der Waals surface area contributed by atoms with Crippen LogP contribution < -0.4 is 5.32 Å².